The Hall–Kier alpha value is -2.21. The number of ether oxygens (including phenoxy) is 1. The minimum atomic E-state index is -0.595. The Bertz CT molecular complexity index is 596. The number of imide groups is 1. The van der Waals surface area contributed by atoms with Crippen LogP contribution in [0.3, 0.4) is 0 Å². The van der Waals surface area contributed by atoms with Gasteiger partial charge in [0, 0.05) is 0 Å². The molecular formula is C16H17NO5. The van der Waals surface area contributed by atoms with Gasteiger partial charge in [-0.3, -0.25) is 9.59 Å². The van der Waals surface area contributed by atoms with Gasteiger partial charge >= 0.3 is 5.97 Å². The summed E-state index contributed by atoms with van der Waals surface area (Å²) < 4.78 is 5.57. The van der Waals surface area contributed by atoms with Crippen molar-refractivity contribution in [1.82, 2.24) is 5.06 Å². The summed E-state index contributed by atoms with van der Waals surface area (Å²) in [4.78, 5) is 41.7. The van der Waals surface area contributed by atoms with Crippen LogP contribution < -0.4 is 0 Å². The summed E-state index contributed by atoms with van der Waals surface area (Å²) >= 11 is 0. The first-order valence-electron chi connectivity index (χ1n) is 7.32. The number of hydroxylamine groups is 2. The fourth-order valence-corrected chi connectivity index (χ4v) is 3.01. The van der Waals surface area contributed by atoms with Crippen molar-refractivity contribution in [2.45, 2.75) is 38.9 Å². The molecule has 0 spiro atoms. The molecule has 2 amide bonds. The summed E-state index contributed by atoms with van der Waals surface area (Å²) in [5.74, 6) is -2.12. The number of rotatable bonds is 2. The van der Waals surface area contributed by atoms with Crippen LogP contribution in [0.1, 0.15) is 47.4 Å². The second kappa shape index (κ2) is 5.53. The molecule has 1 fully saturated rings. The highest BCUT2D eigenvalue weighted by atomic mass is 16.7. The van der Waals surface area contributed by atoms with Gasteiger partial charge in [0.05, 0.1) is 29.3 Å². The van der Waals surface area contributed by atoms with Gasteiger partial charge in [0.25, 0.3) is 11.8 Å². The monoisotopic (exact) mass is 303 g/mol. The van der Waals surface area contributed by atoms with E-state index in [4.69, 9.17) is 9.57 Å². The summed E-state index contributed by atoms with van der Waals surface area (Å²) in [5, 5.41) is 0.567. The predicted octanol–water partition coefficient (Wildman–Crippen LogP) is 1.94. The molecule has 0 saturated carbocycles. The van der Waals surface area contributed by atoms with Crippen LogP contribution in [0.2, 0.25) is 0 Å². The molecule has 6 nitrogen and oxygen atoms in total. The Morgan fingerprint density at radius 1 is 1.09 bits per heavy atom. The van der Waals surface area contributed by atoms with Crippen molar-refractivity contribution in [2.75, 3.05) is 0 Å². The maximum Gasteiger partial charge on any atom is 0.336 e. The quantitative estimate of drug-likeness (QED) is 0.781. The Balaban J connectivity index is 1.73. The van der Waals surface area contributed by atoms with Crippen LogP contribution in [0.25, 0.3) is 0 Å². The van der Waals surface area contributed by atoms with E-state index in [2.05, 4.69) is 0 Å². The number of hydrogen-bond acceptors (Lipinski definition) is 5. The maximum absolute atomic E-state index is 12.3. The van der Waals surface area contributed by atoms with Gasteiger partial charge in [0.2, 0.25) is 0 Å². The molecule has 116 valence electrons. The number of hydrogen-bond donors (Lipinski definition) is 0. The molecule has 1 aromatic rings. The minimum Gasteiger partial charge on any atom is -0.376 e. The third kappa shape index (κ3) is 2.50. The zero-order chi connectivity index (χ0) is 15.9. The van der Waals surface area contributed by atoms with E-state index in [1.807, 2.05) is 13.8 Å². The molecular weight excluding hydrogens is 286 g/mol. The van der Waals surface area contributed by atoms with E-state index in [0.29, 0.717) is 17.9 Å². The highest BCUT2D eigenvalue weighted by molar-refractivity contribution is 6.20. The van der Waals surface area contributed by atoms with Crippen molar-refractivity contribution in [3.63, 3.8) is 0 Å². The lowest BCUT2D eigenvalue weighted by Crippen LogP contribution is -2.39. The lowest BCUT2D eigenvalue weighted by Gasteiger charge is -2.31. The van der Waals surface area contributed by atoms with E-state index in [0.717, 1.165) is 0 Å². The zero-order valence-electron chi connectivity index (χ0n) is 12.4. The third-order valence-corrected chi connectivity index (χ3v) is 3.97. The molecule has 3 atom stereocenters. The molecule has 22 heavy (non-hydrogen) atoms. The molecule has 1 aromatic carbocycles. The van der Waals surface area contributed by atoms with Crippen molar-refractivity contribution in [3.8, 4) is 0 Å². The Labute approximate surface area is 127 Å². The van der Waals surface area contributed by atoms with E-state index in [-0.39, 0.29) is 29.3 Å². The maximum atomic E-state index is 12.3. The topological polar surface area (TPSA) is 72.9 Å². The molecule has 3 rings (SSSR count). The van der Waals surface area contributed by atoms with Crippen LogP contribution in [0.15, 0.2) is 24.3 Å². The molecule has 2 aliphatic heterocycles. The van der Waals surface area contributed by atoms with Crippen molar-refractivity contribution in [3.05, 3.63) is 35.4 Å². The van der Waals surface area contributed by atoms with Gasteiger partial charge < -0.3 is 9.57 Å². The molecule has 0 aliphatic carbocycles. The summed E-state index contributed by atoms with van der Waals surface area (Å²) in [6, 6.07) is 6.42. The van der Waals surface area contributed by atoms with Gasteiger partial charge in [0.15, 0.2) is 0 Å². The highest BCUT2D eigenvalue weighted by Crippen LogP contribution is 2.28. The van der Waals surface area contributed by atoms with Crippen LogP contribution >= 0.6 is 0 Å². The molecule has 0 unspecified atom stereocenters. The number of carbonyl (C=O) groups is 3. The highest BCUT2D eigenvalue weighted by Gasteiger charge is 2.40. The average molecular weight is 303 g/mol. The van der Waals surface area contributed by atoms with E-state index in [9.17, 15) is 14.4 Å². The molecule has 2 aliphatic rings. The largest absolute Gasteiger partial charge is 0.376 e. The van der Waals surface area contributed by atoms with E-state index < -0.39 is 17.8 Å². The van der Waals surface area contributed by atoms with Gasteiger partial charge in [-0.05, 0) is 38.8 Å². The van der Waals surface area contributed by atoms with Crippen LogP contribution in [-0.2, 0) is 14.4 Å². The minimum absolute atomic E-state index is 0.0523. The summed E-state index contributed by atoms with van der Waals surface area (Å²) in [6.45, 7) is 3.77. The summed E-state index contributed by atoms with van der Waals surface area (Å²) in [5.41, 5.74) is 0.517. The van der Waals surface area contributed by atoms with Crippen molar-refractivity contribution in [2.24, 2.45) is 5.92 Å². The SMILES string of the molecule is C[C@@H]1C[C@H](C(=O)ON2C(=O)c3ccccc3C2=O)C[C@H](C)O1. The molecule has 2 heterocycles. The number of carbonyl (C=O) groups excluding carboxylic acids is 3. The summed E-state index contributed by atoms with van der Waals surface area (Å²) in [6.07, 6.45) is 0.936. The van der Waals surface area contributed by atoms with Crippen LogP contribution in [0.4, 0.5) is 0 Å². The molecule has 0 N–H and O–H groups in total. The molecule has 0 bridgehead atoms. The summed E-state index contributed by atoms with van der Waals surface area (Å²) in [7, 11) is 0. The number of nitrogens with zero attached hydrogens (tertiary/aromatic N) is 1. The van der Waals surface area contributed by atoms with Crippen LogP contribution in [0, 0.1) is 5.92 Å². The van der Waals surface area contributed by atoms with Gasteiger partial charge in [-0.25, -0.2) is 4.79 Å². The van der Waals surface area contributed by atoms with Gasteiger partial charge in [0.1, 0.15) is 0 Å². The fourth-order valence-electron chi connectivity index (χ4n) is 3.01. The second-order valence-corrected chi connectivity index (χ2v) is 5.79. The molecule has 1 saturated heterocycles. The van der Waals surface area contributed by atoms with E-state index in [1.54, 1.807) is 24.3 Å². The van der Waals surface area contributed by atoms with Gasteiger partial charge in [-0.1, -0.05) is 17.2 Å². The lowest BCUT2D eigenvalue weighted by molar-refractivity contribution is -0.180. The van der Waals surface area contributed by atoms with E-state index >= 15 is 0 Å². The Kier molecular flexibility index (Phi) is 3.70. The molecule has 0 radical (unpaired) electrons. The Morgan fingerprint density at radius 2 is 1.59 bits per heavy atom. The van der Waals surface area contributed by atoms with Crippen LogP contribution in [0.5, 0.6) is 0 Å². The lowest BCUT2D eigenvalue weighted by atomic mass is 9.93. The molecule has 6 heteroatoms. The standard InChI is InChI=1S/C16H17NO5/c1-9-7-11(8-10(2)21-9)16(20)22-17-14(18)12-5-3-4-6-13(12)15(17)19/h3-6,9-11H,7-8H2,1-2H3/t9-,10+,11+. The third-order valence-electron chi connectivity index (χ3n) is 3.97. The predicted molar refractivity (Wildman–Crippen MR) is 75.8 cm³/mol. The number of benzene rings is 1. The van der Waals surface area contributed by atoms with Gasteiger partial charge in [-0.15, -0.1) is 0 Å². The molecule has 0 aromatic heterocycles. The second-order valence-electron chi connectivity index (χ2n) is 5.79. The fraction of sp³-hybridized carbons (Fsp3) is 0.438. The first kappa shape index (κ1) is 14.7. The first-order valence-corrected chi connectivity index (χ1v) is 7.32. The van der Waals surface area contributed by atoms with Gasteiger partial charge in [-0.2, -0.15) is 0 Å². The Morgan fingerprint density at radius 3 is 2.09 bits per heavy atom. The normalized spacial score (nSPS) is 27.7. The van der Waals surface area contributed by atoms with Crippen molar-refractivity contribution in [1.29, 1.82) is 0 Å². The number of amides is 2. The average Bonchev–Trinajstić information content (AvgIpc) is 2.72. The smallest absolute Gasteiger partial charge is 0.336 e. The zero-order valence-corrected chi connectivity index (χ0v) is 12.4. The van der Waals surface area contributed by atoms with Crippen molar-refractivity contribution >= 4 is 17.8 Å². The van der Waals surface area contributed by atoms with Crippen LogP contribution in [-0.4, -0.2) is 35.1 Å². The van der Waals surface area contributed by atoms with Crippen molar-refractivity contribution < 1.29 is 24.0 Å². The number of fused-ring (bicyclic) bond motifs is 1. The van der Waals surface area contributed by atoms with E-state index in [1.165, 1.54) is 0 Å². The first-order chi connectivity index (χ1) is 10.5.